The predicted octanol–water partition coefficient (Wildman–Crippen LogP) is 2.47. The number of amides is 1. The highest BCUT2D eigenvalue weighted by molar-refractivity contribution is 8.18. The Hall–Kier alpha value is -2.85. The summed E-state index contributed by atoms with van der Waals surface area (Å²) in [6.45, 7) is 1.32. The van der Waals surface area contributed by atoms with Crippen LogP contribution in [0.2, 0.25) is 0 Å². The standard InChI is InChI=1S/C16H13N3O3S/c1-11(7-12-5-3-2-4-6-12)8-13-15(22)19(9-14(20)21)16(23-13)18-10-17/h2-8H,9H2,1H3,(H,20,21)/b11-7+,13-8+,18-16?. The molecule has 0 aromatic heterocycles. The molecule has 1 aromatic rings. The van der Waals surface area contributed by atoms with Gasteiger partial charge in [0.25, 0.3) is 5.91 Å². The van der Waals surface area contributed by atoms with Crippen molar-refractivity contribution in [3.63, 3.8) is 0 Å². The molecule has 1 aromatic carbocycles. The normalized spacial score (nSPS) is 18.5. The van der Waals surface area contributed by atoms with Gasteiger partial charge in [-0.3, -0.25) is 14.5 Å². The maximum absolute atomic E-state index is 12.3. The lowest BCUT2D eigenvalue weighted by atomic mass is 10.1. The minimum atomic E-state index is -1.16. The van der Waals surface area contributed by atoms with Crippen LogP contribution in [0.5, 0.6) is 0 Å². The number of benzene rings is 1. The Balaban J connectivity index is 2.28. The first-order valence-corrected chi connectivity index (χ1v) is 7.46. The Morgan fingerprint density at radius 3 is 2.74 bits per heavy atom. The van der Waals surface area contributed by atoms with E-state index in [1.165, 1.54) is 0 Å². The minimum absolute atomic E-state index is 0.0821. The second-order valence-electron chi connectivity index (χ2n) is 4.69. The molecule has 0 saturated carbocycles. The Morgan fingerprint density at radius 1 is 1.43 bits per heavy atom. The highest BCUT2D eigenvalue weighted by Gasteiger charge is 2.34. The third kappa shape index (κ3) is 4.31. The van der Waals surface area contributed by atoms with E-state index < -0.39 is 18.4 Å². The van der Waals surface area contributed by atoms with Gasteiger partial charge in [0, 0.05) is 0 Å². The fourth-order valence-corrected chi connectivity index (χ4v) is 2.95. The van der Waals surface area contributed by atoms with Gasteiger partial charge >= 0.3 is 5.97 Å². The molecule has 116 valence electrons. The molecule has 1 saturated heterocycles. The van der Waals surface area contributed by atoms with Crippen LogP contribution in [0.4, 0.5) is 0 Å². The van der Waals surface area contributed by atoms with Crippen LogP contribution in [0.15, 0.2) is 51.9 Å². The van der Waals surface area contributed by atoms with Crippen molar-refractivity contribution in [2.75, 3.05) is 6.54 Å². The zero-order chi connectivity index (χ0) is 16.8. The topological polar surface area (TPSA) is 93.8 Å². The number of carbonyl (C=O) groups is 2. The van der Waals surface area contributed by atoms with Crippen LogP contribution < -0.4 is 0 Å². The van der Waals surface area contributed by atoms with E-state index >= 15 is 0 Å². The van der Waals surface area contributed by atoms with Gasteiger partial charge in [-0.25, -0.2) is 0 Å². The zero-order valence-electron chi connectivity index (χ0n) is 12.3. The van der Waals surface area contributed by atoms with Gasteiger partial charge in [-0.1, -0.05) is 36.4 Å². The number of thioether (sulfide) groups is 1. The Kier molecular flexibility index (Phi) is 5.33. The van der Waals surface area contributed by atoms with E-state index in [9.17, 15) is 9.59 Å². The average Bonchev–Trinajstić information content (AvgIpc) is 2.77. The van der Waals surface area contributed by atoms with Crippen LogP contribution in [0, 0.1) is 11.5 Å². The Morgan fingerprint density at radius 2 is 2.13 bits per heavy atom. The van der Waals surface area contributed by atoms with Crippen LogP contribution in [0.3, 0.4) is 0 Å². The van der Waals surface area contributed by atoms with Crippen molar-refractivity contribution in [2.24, 2.45) is 4.99 Å². The number of aliphatic carboxylic acids is 1. The van der Waals surface area contributed by atoms with Gasteiger partial charge in [-0.05, 0) is 35.9 Å². The zero-order valence-corrected chi connectivity index (χ0v) is 13.1. The van der Waals surface area contributed by atoms with E-state index in [0.717, 1.165) is 27.8 Å². The van der Waals surface area contributed by atoms with Gasteiger partial charge in [0.15, 0.2) is 5.17 Å². The molecule has 0 spiro atoms. The molecule has 23 heavy (non-hydrogen) atoms. The summed E-state index contributed by atoms with van der Waals surface area (Å²) in [7, 11) is 0. The smallest absolute Gasteiger partial charge is 0.323 e. The van der Waals surface area contributed by atoms with Crippen molar-refractivity contribution in [2.45, 2.75) is 6.92 Å². The van der Waals surface area contributed by atoms with Gasteiger partial charge in [0.1, 0.15) is 6.54 Å². The van der Waals surface area contributed by atoms with E-state index in [-0.39, 0.29) is 5.17 Å². The number of aliphatic imine (C=N–C) groups is 1. The molecule has 0 aliphatic carbocycles. The third-order valence-corrected chi connectivity index (χ3v) is 3.89. The molecule has 1 aliphatic heterocycles. The Bertz CT molecular complexity index is 761. The Labute approximate surface area is 137 Å². The number of carbonyl (C=O) groups excluding carboxylic acids is 1. The summed E-state index contributed by atoms with van der Waals surface area (Å²) in [6, 6.07) is 9.60. The van der Waals surface area contributed by atoms with Gasteiger partial charge in [-0.15, -0.1) is 4.99 Å². The van der Waals surface area contributed by atoms with E-state index in [4.69, 9.17) is 10.4 Å². The number of amidine groups is 1. The summed E-state index contributed by atoms with van der Waals surface area (Å²) in [5.74, 6) is -1.63. The van der Waals surface area contributed by atoms with Crippen LogP contribution in [0.25, 0.3) is 6.08 Å². The van der Waals surface area contributed by atoms with Crippen LogP contribution in [-0.4, -0.2) is 33.6 Å². The minimum Gasteiger partial charge on any atom is -0.480 e. The average molecular weight is 327 g/mol. The lowest BCUT2D eigenvalue weighted by Gasteiger charge is -2.10. The highest BCUT2D eigenvalue weighted by atomic mass is 32.2. The van der Waals surface area contributed by atoms with Crippen LogP contribution in [0.1, 0.15) is 12.5 Å². The fraction of sp³-hybridized carbons (Fsp3) is 0.125. The van der Waals surface area contributed by atoms with E-state index in [0.29, 0.717) is 4.91 Å². The highest BCUT2D eigenvalue weighted by Crippen LogP contribution is 2.31. The quantitative estimate of drug-likeness (QED) is 0.677. The number of allylic oxidation sites excluding steroid dienone is 2. The molecule has 7 heteroatoms. The molecule has 6 nitrogen and oxygen atoms in total. The maximum atomic E-state index is 12.3. The molecular formula is C16H13N3O3S. The largest absolute Gasteiger partial charge is 0.480 e. The SMILES string of the molecule is CC(=C\c1ccccc1)/C=C1/SC(=NC#N)N(CC(=O)O)C1=O. The van der Waals surface area contributed by atoms with Crippen LogP contribution >= 0.6 is 11.8 Å². The van der Waals surface area contributed by atoms with Crippen molar-refractivity contribution in [3.8, 4) is 6.19 Å². The van der Waals surface area contributed by atoms with E-state index in [2.05, 4.69) is 4.99 Å². The molecule has 1 heterocycles. The molecular weight excluding hydrogens is 314 g/mol. The third-order valence-electron chi connectivity index (χ3n) is 2.88. The summed E-state index contributed by atoms with van der Waals surface area (Å²) in [5, 5.41) is 17.6. The van der Waals surface area contributed by atoms with Crippen molar-refractivity contribution in [1.29, 1.82) is 5.26 Å². The molecule has 0 bridgehead atoms. The molecule has 0 radical (unpaired) electrons. The molecule has 1 amide bonds. The number of nitrogens with zero attached hydrogens (tertiary/aromatic N) is 3. The fourth-order valence-electron chi connectivity index (χ4n) is 1.97. The summed E-state index contributed by atoms with van der Waals surface area (Å²) in [6.07, 6.45) is 5.15. The number of carboxylic acids is 1. The number of carboxylic acid groups (broad SMARTS) is 1. The lowest BCUT2D eigenvalue weighted by Crippen LogP contribution is -2.34. The van der Waals surface area contributed by atoms with Crippen molar-refractivity contribution in [1.82, 2.24) is 4.90 Å². The summed E-state index contributed by atoms with van der Waals surface area (Å²) in [5.41, 5.74) is 1.83. The molecule has 1 aliphatic rings. The van der Waals surface area contributed by atoms with E-state index in [1.54, 1.807) is 12.3 Å². The van der Waals surface area contributed by atoms with Gasteiger partial charge in [0.05, 0.1) is 4.91 Å². The first kappa shape index (κ1) is 16.5. The van der Waals surface area contributed by atoms with Crippen molar-refractivity contribution in [3.05, 3.63) is 52.4 Å². The monoisotopic (exact) mass is 327 g/mol. The second kappa shape index (κ2) is 7.42. The summed E-state index contributed by atoms with van der Waals surface area (Å²) >= 11 is 0.993. The number of hydrogen-bond acceptors (Lipinski definition) is 5. The number of nitriles is 1. The van der Waals surface area contributed by atoms with Crippen LogP contribution in [-0.2, 0) is 9.59 Å². The first-order chi connectivity index (χ1) is 11.0. The summed E-state index contributed by atoms with van der Waals surface area (Å²) < 4.78 is 0. The van der Waals surface area contributed by atoms with Gasteiger partial charge in [0.2, 0.25) is 6.19 Å². The van der Waals surface area contributed by atoms with E-state index in [1.807, 2.05) is 43.3 Å². The van der Waals surface area contributed by atoms with Crippen molar-refractivity contribution >= 4 is 34.9 Å². The molecule has 1 N–H and O–H groups in total. The molecule has 0 atom stereocenters. The second-order valence-corrected chi connectivity index (χ2v) is 5.70. The van der Waals surface area contributed by atoms with Crippen molar-refractivity contribution < 1.29 is 14.7 Å². The number of rotatable bonds is 4. The number of hydrogen-bond donors (Lipinski definition) is 1. The molecule has 2 rings (SSSR count). The summed E-state index contributed by atoms with van der Waals surface area (Å²) in [4.78, 5) is 28.0. The first-order valence-electron chi connectivity index (χ1n) is 6.64. The molecule has 1 fully saturated rings. The lowest BCUT2D eigenvalue weighted by molar-refractivity contribution is -0.140. The van der Waals surface area contributed by atoms with Gasteiger partial charge in [-0.2, -0.15) is 5.26 Å². The van der Waals surface area contributed by atoms with Gasteiger partial charge < -0.3 is 5.11 Å². The predicted molar refractivity (Wildman–Crippen MR) is 88.2 cm³/mol. The molecule has 0 unspecified atom stereocenters. The maximum Gasteiger partial charge on any atom is 0.323 e.